The number of hydrazine groups is 1. The predicted molar refractivity (Wildman–Crippen MR) is 58.2 cm³/mol. The Morgan fingerprint density at radius 2 is 2.36 bits per heavy atom. The summed E-state index contributed by atoms with van der Waals surface area (Å²) in [6, 6.07) is 5.58. The standard InChI is InChI=1S/C9H11ClN4/c1-2-14-8-5-6(10)3-4-7(8)12-9(14)13-11/h3-5H,2,11H2,1H3,(H,12,13). The van der Waals surface area contributed by atoms with Gasteiger partial charge < -0.3 is 4.57 Å². The lowest BCUT2D eigenvalue weighted by molar-refractivity contribution is 0.791. The van der Waals surface area contributed by atoms with Gasteiger partial charge in [-0.25, -0.2) is 10.8 Å². The van der Waals surface area contributed by atoms with Gasteiger partial charge in [0.25, 0.3) is 0 Å². The van der Waals surface area contributed by atoms with Crippen LogP contribution in [0.5, 0.6) is 0 Å². The second-order valence-corrected chi connectivity index (χ2v) is 3.39. The number of rotatable bonds is 2. The zero-order valence-electron chi connectivity index (χ0n) is 7.79. The van der Waals surface area contributed by atoms with Crippen LogP contribution in [0, 0.1) is 0 Å². The average molecular weight is 211 g/mol. The van der Waals surface area contributed by atoms with Crippen molar-refractivity contribution in [2.45, 2.75) is 13.5 Å². The molecule has 1 aromatic heterocycles. The summed E-state index contributed by atoms with van der Waals surface area (Å²) < 4.78 is 1.97. The van der Waals surface area contributed by atoms with E-state index in [0.29, 0.717) is 11.0 Å². The number of nitrogens with two attached hydrogens (primary N) is 1. The van der Waals surface area contributed by atoms with Crippen LogP contribution >= 0.6 is 11.6 Å². The van der Waals surface area contributed by atoms with E-state index in [-0.39, 0.29) is 0 Å². The molecule has 4 nitrogen and oxygen atoms in total. The number of nitrogens with zero attached hydrogens (tertiary/aromatic N) is 2. The van der Waals surface area contributed by atoms with Crippen LogP contribution < -0.4 is 11.3 Å². The minimum atomic E-state index is 0.657. The molecule has 5 heteroatoms. The number of nitrogen functional groups attached to an aromatic ring is 1. The maximum Gasteiger partial charge on any atom is 0.218 e. The van der Waals surface area contributed by atoms with E-state index >= 15 is 0 Å². The first-order valence-corrected chi connectivity index (χ1v) is 4.76. The van der Waals surface area contributed by atoms with Gasteiger partial charge in [-0.05, 0) is 25.1 Å². The molecule has 0 amide bonds. The largest absolute Gasteiger partial charge is 0.309 e. The Morgan fingerprint density at radius 3 is 3.00 bits per heavy atom. The third-order valence-corrected chi connectivity index (χ3v) is 2.39. The average Bonchev–Trinajstić information content (AvgIpc) is 2.54. The zero-order valence-corrected chi connectivity index (χ0v) is 8.54. The van der Waals surface area contributed by atoms with Crippen molar-refractivity contribution in [2.75, 3.05) is 5.43 Å². The number of hydrogen-bond donors (Lipinski definition) is 2. The third-order valence-electron chi connectivity index (χ3n) is 2.16. The van der Waals surface area contributed by atoms with Crippen LogP contribution in [0.1, 0.15) is 6.92 Å². The normalized spacial score (nSPS) is 10.8. The van der Waals surface area contributed by atoms with Crippen molar-refractivity contribution in [1.29, 1.82) is 0 Å². The Balaban J connectivity index is 2.74. The highest BCUT2D eigenvalue weighted by Crippen LogP contribution is 2.22. The van der Waals surface area contributed by atoms with Crippen LogP contribution in [-0.4, -0.2) is 9.55 Å². The molecular formula is C9H11ClN4. The SMILES string of the molecule is CCn1c(NN)nc2ccc(Cl)cc21. The fourth-order valence-corrected chi connectivity index (χ4v) is 1.69. The van der Waals surface area contributed by atoms with Crippen LogP contribution in [0.2, 0.25) is 5.02 Å². The van der Waals surface area contributed by atoms with Crippen molar-refractivity contribution in [3.63, 3.8) is 0 Å². The summed E-state index contributed by atoms with van der Waals surface area (Å²) in [4.78, 5) is 4.31. The van der Waals surface area contributed by atoms with Crippen molar-refractivity contribution in [3.8, 4) is 0 Å². The molecule has 1 aromatic carbocycles. The highest BCUT2D eigenvalue weighted by molar-refractivity contribution is 6.31. The lowest BCUT2D eigenvalue weighted by atomic mass is 10.3. The smallest absolute Gasteiger partial charge is 0.218 e. The molecule has 3 N–H and O–H groups in total. The summed E-state index contributed by atoms with van der Waals surface area (Å²) in [6.45, 7) is 2.83. The molecule has 0 aliphatic heterocycles. The highest BCUT2D eigenvalue weighted by atomic mass is 35.5. The first kappa shape index (κ1) is 9.30. The van der Waals surface area contributed by atoms with Gasteiger partial charge in [0, 0.05) is 11.6 Å². The Kier molecular flexibility index (Phi) is 2.31. The molecule has 2 rings (SSSR count). The van der Waals surface area contributed by atoms with Crippen LogP contribution in [0.4, 0.5) is 5.95 Å². The molecular weight excluding hydrogens is 200 g/mol. The Morgan fingerprint density at radius 1 is 1.57 bits per heavy atom. The van der Waals surface area contributed by atoms with Crippen LogP contribution in [0.15, 0.2) is 18.2 Å². The minimum absolute atomic E-state index is 0.657. The number of benzene rings is 1. The monoisotopic (exact) mass is 210 g/mol. The van der Waals surface area contributed by atoms with E-state index in [1.807, 2.05) is 29.7 Å². The number of aromatic nitrogens is 2. The quantitative estimate of drug-likeness (QED) is 0.589. The number of imidazole rings is 1. The number of halogens is 1. The number of hydrogen-bond acceptors (Lipinski definition) is 3. The first-order valence-electron chi connectivity index (χ1n) is 4.38. The van der Waals surface area contributed by atoms with E-state index in [9.17, 15) is 0 Å². The van der Waals surface area contributed by atoms with Crippen molar-refractivity contribution in [2.24, 2.45) is 5.84 Å². The third kappa shape index (κ3) is 1.32. The predicted octanol–water partition coefficient (Wildman–Crippen LogP) is 2.00. The summed E-state index contributed by atoms with van der Waals surface area (Å²) in [6.07, 6.45) is 0. The molecule has 74 valence electrons. The lowest BCUT2D eigenvalue weighted by Gasteiger charge is -2.03. The number of fused-ring (bicyclic) bond motifs is 1. The molecule has 1 heterocycles. The summed E-state index contributed by atoms with van der Waals surface area (Å²) in [7, 11) is 0. The fraction of sp³-hybridized carbons (Fsp3) is 0.222. The van der Waals surface area contributed by atoms with Crippen LogP contribution in [0.3, 0.4) is 0 Å². The fourth-order valence-electron chi connectivity index (χ4n) is 1.53. The van der Waals surface area contributed by atoms with Gasteiger partial charge in [0.05, 0.1) is 11.0 Å². The Labute approximate surface area is 86.6 Å². The molecule has 0 saturated heterocycles. The summed E-state index contributed by atoms with van der Waals surface area (Å²) in [5, 5.41) is 0.704. The number of aryl methyl sites for hydroxylation is 1. The van der Waals surface area contributed by atoms with Gasteiger partial charge >= 0.3 is 0 Å². The van der Waals surface area contributed by atoms with Crippen LogP contribution in [0.25, 0.3) is 11.0 Å². The molecule has 2 aromatic rings. The molecule has 0 bridgehead atoms. The molecule has 14 heavy (non-hydrogen) atoms. The van der Waals surface area contributed by atoms with E-state index in [1.165, 1.54) is 0 Å². The molecule has 0 aliphatic carbocycles. The van der Waals surface area contributed by atoms with Gasteiger partial charge in [-0.15, -0.1) is 0 Å². The van der Waals surface area contributed by atoms with Crippen molar-refractivity contribution in [1.82, 2.24) is 9.55 Å². The first-order chi connectivity index (χ1) is 6.76. The van der Waals surface area contributed by atoms with Gasteiger partial charge in [0.1, 0.15) is 0 Å². The minimum Gasteiger partial charge on any atom is -0.309 e. The second kappa shape index (κ2) is 3.48. The van der Waals surface area contributed by atoms with Crippen molar-refractivity contribution >= 4 is 28.6 Å². The molecule has 0 aliphatic rings. The molecule has 0 fully saturated rings. The summed E-state index contributed by atoms with van der Waals surface area (Å²) in [5.74, 6) is 6.02. The van der Waals surface area contributed by atoms with E-state index in [1.54, 1.807) is 0 Å². The highest BCUT2D eigenvalue weighted by Gasteiger charge is 2.07. The summed E-state index contributed by atoms with van der Waals surface area (Å²) in [5.41, 5.74) is 4.45. The van der Waals surface area contributed by atoms with Gasteiger partial charge in [-0.2, -0.15) is 0 Å². The van der Waals surface area contributed by atoms with E-state index < -0.39 is 0 Å². The van der Waals surface area contributed by atoms with Crippen molar-refractivity contribution < 1.29 is 0 Å². The van der Waals surface area contributed by atoms with Gasteiger partial charge in [-0.1, -0.05) is 11.6 Å². The van der Waals surface area contributed by atoms with Gasteiger partial charge in [0.2, 0.25) is 5.95 Å². The van der Waals surface area contributed by atoms with Crippen molar-refractivity contribution in [3.05, 3.63) is 23.2 Å². The van der Waals surface area contributed by atoms with Gasteiger partial charge in [-0.3, -0.25) is 5.43 Å². The van der Waals surface area contributed by atoms with E-state index in [2.05, 4.69) is 10.4 Å². The number of anilines is 1. The summed E-state index contributed by atoms with van der Waals surface area (Å²) >= 11 is 5.91. The molecule has 0 spiro atoms. The van der Waals surface area contributed by atoms with E-state index in [0.717, 1.165) is 17.6 Å². The zero-order chi connectivity index (χ0) is 10.1. The number of nitrogens with one attached hydrogen (secondary N) is 1. The lowest BCUT2D eigenvalue weighted by Crippen LogP contribution is -2.12. The molecule has 0 unspecified atom stereocenters. The van der Waals surface area contributed by atoms with Gasteiger partial charge in [0.15, 0.2) is 0 Å². The molecule has 0 radical (unpaired) electrons. The molecule has 0 saturated carbocycles. The second-order valence-electron chi connectivity index (χ2n) is 2.96. The maximum absolute atomic E-state index is 5.91. The van der Waals surface area contributed by atoms with Crippen LogP contribution in [-0.2, 0) is 6.54 Å². The maximum atomic E-state index is 5.91. The Bertz CT molecular complexity index is 463. The Hall–Kier alpha value is -1.26. The van der Waals surface area contributed by atoms with E-state index in [4.69, 9.17) is 17.4 Å². The topological polar surface area (TPSA) is 55.9 Å². The molecule has 0 atom stereocenters.